The van der Waals surface area contributed by atoms with E-state index in [1.54, 1.807) is 0 Å². The summed E-state index contributed by atoms with van der Waals surface area (Å²) in [7, 11) is 0. The Hall–Kier alpha value is -2.87. The van der Waals surface area contributed by atoms with Crippen LogP contribution in [0.4, 0.5) is 0 Å². The van der Waals surface area contributed by atoms with Crippen molar-refractivity contribution in [2.24, 2.45) is 0 Å². The van der Waals surface area contributed by atoms with E-state index in [1.807, 2.05) is 60.7 Å². The van der Waals surface area contributed by atoms with Gasteiger partial charge in [0.25, 0.3) is 0 Å². The predicted octanol–water partition coefficient (Wildman–Crippen LogP) is 7.91. The van der Waals surface area contributed by atoms with Crippen LogP contribution in [-0.2, 0) is 4.79 Å². The van der Waals surface area contributed by atoms with E-state index in [0.717, 1.165) is 24.8 Å². The molecule has 0 aliphatic carbocycles. The average Bonchev–Trinajstić information content (AvgIpc) is 2.82. The Morgan fingerprint density at radius 2 is 1.23 bits per heavy atom. The van der Waals surface area contributed by atoms with Crippen LogP contribution in [0.2, 0.25) is 0 Å². The summed E-state index contributed by atoms with van der Waals surface area (Å²) in [4.78, 5) is 13.0. The zero-order valence-corrected chi connectivity index (χ0v) is 18.6. The lowest BCUT2D eigenvalue weighted by Gasteiger charge is -2.20. The highest BCUT2D eigenvalue weighted by Crippen LogP contribution is 2.31. The number of esters is 1. The minimum absolute atomic E-state index is 0.167. The van der Waals surface area contributed by atoms with Gasteiger partial charge in [0.05, 0.1) is 5.92 Å². The van der Waals surface area contributed by atoms with Crippen molar-refractivity contribution in [2.45, 2.75) is 63.7 Å². The van der Waals surface area contributed by atoms with Gasteiger partial charge >= 0.3 is 5.97 Å². The van der Waals surface area contributed by atoms with Crippen molar-refractivity contribution < 1.29 is 9.53 Å². The second kappa shape index (κ2) is 12.7. The summed E-state index contributed by atoms with van der Waals surface area (Å²) < 4.78 is 5.71. The second-order valence-corrected chi connectivity index (χ2v) is 8.23. The highest BCUT2D eigenvalue weighted by atomic mass is 16.5. The highest BCUT2D eigenvalue weighted by Gasteiger charge is 2.23. The van der Waals surface area contributed by atoms with E-state index in [9.17, 15) is 4.79 Å². The minimum Gasteiger partial charge on any atom is -0.426 e. The summed E-state index contributed by atoms with van der Waals surface area (Å²) in [6.45, 7) is 2.25. The van der Waals surface area contributed by atoms with Crippen LogP contribution in [0, 0.1) is 0 Å². The van der Waals surface area contributed by atoms with Crippen LogP contribution in [0.1, 0.15) is 74.8 Å². The number of rotatable bonds is 12. The number of carbonyl (C=O) groups is 1. The number of carbonyl (C=O) groups excluding carboxylic acids is 1. The van der Waals surface area contributed by atoms with Gasteiger partial charge in [0, 0.05) is 0 Å². The molecule has 0 saturated carbocycles. The number of unbranched alkanes of at least 4 members (excludes halogenated alkanes) is 2. The van der Waals surface area contributed by atoms with E-state index >= 15 is 0 Å². The molecule has 2 nitrogen and oxygen atoms in total. The third kappa shape index (κ3) is 7.40. The van der Waals surface area contributed by atoms with Gasteiger partial charge in [-0.1, -0.05) is 111 Å². The molecule has 0 fully saturated rings. The molecule has 3 rings (SSSR count). The topological polar surface area (TPSA) is 26.3 Å². The lowest BCUT2D eigenvalue weighted by atomic mass is 9.86. The number of para-hydroxylation sites is 1. The maximum absolute atomic E-state index is 13.0. The maximum Gasteiger partial charge on any atom is 0.318 e. The standard InChI is InChI=1S/C29H34O2/c1-2-3-7-15-25(24-16-8-4-9-17-24)20-14-23-28(26-18-10-5-11-19-26)29(30)31-27-21-12-6-13-22-27/h4-6,8-13,16-19,21-22,25,28H,2-3,7,14-15,20,23H2,1H3. The molecular weight excluding hydrogens is 380 g/mol. The molecule has 0 bridgehead atoms. The third-order valence-electron chi connectivity index (χ3n) is 5.92. The fourth-order valence-electron chi connectivity index (χ4n) is 4.19. The fourth-order valence-corrected chi connectivity index (χ4v) is 4.19. The molecule has 0 heterocycles. The second-order valence-electron chi connectivity index (χ2n) is 8.23. The van der Waals surface area contributed by atoms with Crippen molar-refractivity contribution in [2.75, 3.05) is 0 Å². The molecule has 2 atom stereocenters. The molecule has 0 N–H and O–H groups in total. The lowest BCUT2D eigenvalue weighted by molar-refractivity contribution is -0.136. The van der Waals surface area contributed by atoms with Crippen LogP contribution >= 0.6 is 0 Å². The van der Waals surface area contributed by atoms with Crippen molar-refractivity contribution in [1.82, 2.24) is 0 Å². The summed E-state index contributed by atoms with van der Waals surface area (Å²) in [6.07, 6.45) is 7.87. The van der Waals surface area contributed by atoms with Crippen molar-refractivity contribution in [1.29, 1.82) is 0 Å². The highest BCUT2D eigenvalue weighted by molar-refractivity contribution is 5.80. The van der Waals surface area contributed by atoms with Gasteiger partial charge < -0.3 is 4.74 Å². The first-order valence-electron chi connectivity index (χ1n) is 11.6. The molecule has 0 radical (unpaired) electrons. The molecule has 0 aliphatic heterocycles. The molecule has 3 aromatic carbocycles. The Bertz CT molecular complexity index is 874. The van der Waals surface area contributed by atoms with Gasteiger partial charge in [-0.3, -0.25) is 4.79 Å². The molecule has 31 heavy (non-hydrogen) atoms. The molecular formula is C29H34O2. The summed E-state index contributed by atoms with van der Waals surface area (Å²) in [5.74, 6) is 0.748. The maximum atomic E-state index is 13.0. The largest absolute Gasteiger partial charge is 0.426 e. The molecule has 0 aromatic heterocycles. The van der Waals surface area contributed by atoms with Crippen LogP contribution in [0.5, 0.6) is 5.75 Å². The van der Waals surface area contributed by atoms with E-state index in [4.69, 9.17) is 4.74 Å². The van der Waals surface area contributed by atoms with Crippen molar-refractivity contribution in [3.05, 3.63) is 102 Å². The zero-order chi connectivity index (χ0) is 21.7. The first-order chi connectivity index (χ1) is 15.3. The van der Waals surface area contributed by atoms with Crippen LogP contribution in [0.15, 0.2) is 91.0 Å². The Morgan fingerprint density at radius 1 is 0.677 bits per heavy atom. The van der Waals surface area contributed by atoms with Gasteiger partial charge in [0.2, 0.25) is 0 Å². The Balaban J connectivity index is 1.66. The van der Waals surface area contributed by atoms with Crippen molar-refractivity contribution in [3.8, 4) is 5.75 Å². The number of ether oxygens (including phenoxy) is 1. The molecule has 3 aromatic rings. The van der Waals surface area contributed by atoms with Gasteiger partial charge in [0.1, 0.15) is 5.75 Å². The fraction of sp³-hybridized carbons (Fsp3) is 0.345. The quantitative estimate of drug-likeness (QED) is 0.171. The Morgan fingerprint density at radius 3 is 1.84 bits per heavy atom. The van der Waals surface area contributed by atoms with Crippen LogP contribution in [-0.4, -0.2) is 5.97 Å². The molecule has 162 valence electrons. The molecule has 0 amide bonds. The number of benzene rings is 3. The first-order valence-corrected chi connectivity index (χ1v) is 11.6. The van der Waals surface area contributed by atoms with E-state index in [2.05, 4.69) is 37.3 Å². The summed E-state index contributed by atoms with van der Waals surface area (Å²) in [6, 6.07) is 30.3. The summed E-state index contributed by atoms with van der Waals surface area (Å²) in [5, 5.41) is 0. The monoisotopic (exact) mass is 414 g/mol. The predicted molar refractivity (Wildman–Crippen MR) is 128 cm³/mol. The van der Waals surface area contributed by atoms with Crippen LogP contribution in [0.25, 0.3) is 0 Å². The third-order valence-corrected chi connectivity index (χ3v) is 5.92. The average molecular weight is 415 g/mol. The van der Waals surface area contributed by atoms with Crippen molar-refractivity contribution >= 4 is 5.97 Å². The molecule has 2 heteroatoms. The molecule has 0 spiro atoms. The Labute approximate surface area is 187 Å². The lowest BCUT2D eigenvalue weighted by Crippen LogP contribution is -2.19. The van der Waals surface area contributed by atoms with Gasteiger partial charge in [0.15, 0.2) is 0 Å². The van der Waals surface area contributed by atoms with Crippen molar-refractivity contribution in [3.63, 3.8) is 0 Å². The zero-order valence-electron chi connectivity index (χ0n) is 18.6. The SMILES string of the molecule is CCCCCC(CCCC(C(=O)Oc1ccccc1)c1ccccc1)c1ccccc1. The molecule has 0 saturated heterocycles. The summed E-state index contributed by atoms with van der Waals surface area (Å²) in [5.41, 5.74) is 2.45. The Kier molecular flexibility index (Phi) is 9.37. The van der Waals surface area contributed by atoms with Gasteiger partial charge in [-0.25, -0.2) is 0 Å². The van der Waals surface area contributed by atoms with Gasteiger partial charge in [-0.05, 0) is 48.4 Å². The smallest absolute Gasteiger partial charge is 0.318 e. The minimum atomic E-state index is -0.242. The summed E-state index contributed by atoms with van der Waals surface area (Å²) >= 11 is 0. The van der Waals surface area contributed by atoms with E-state index in [0.29, 0.717) is 11.7 Å². The number of hydrogen-bond donors (Lipinski definition) is 0. The van der Waals surface area contributed by atoms with Crippen LogP contribution in [0.3, 0.4) is 0 Å². The number of hydrogen-bond acceptors (Lipinski definition) is 2. The van der Waals surface area contributed by atoms with Gasteiger partial charge in [-0.2, -0.15) is 0 Å². The van der Waals surface area contributed by atoms with E-state index < -0.39 is 0 Å². The molecule has 2 unspecified atom stereocenters. The normalized spacial score (nSPS) is 12.8. The van der Waals surface area contributed by atoms with Gasteiger partial charge in [-0.15, -0.1) is 0 Å². The molecule has 0 aliphatic rings. The van der Waals surface area contributed by atoms with Crippen LogP contribution < -0.4 is 4.74 Å². The van der Waals surface area contributed by atoms with E-state index in [1.165, 1.54) is 31.2 Å². The van der Waals surface area contributed by atoms with E-state index in [-0.39, 0.29) is 11.9 Å². The first kappa shape index (κ1) is 22.8.